The van der Waals surface area contributed by atoms with Crippen LogP contribution in [0.3, 0.4) is 0 Å². The second-order valence-electron chi connectivity index (χ2n) is 8.31. The van der Waals surface area contributed by atoms with Gasteiger partial charge < -0.3 is 19.9 Å². The lowest BCUT2D eigenvalue weighted by Crippen LogP contribution is -2.46. The molecule has 0 bridgehead atoms. The zero-order chi connectivity index (χ0) is 22.0. The van der Waals surface area contributed by atoms with Crippen LogP contribution in [0.2, 0.25) is 0 Å². The minimum absolute atomic E-state index is 0.00687. The van der Waals surface area contributed by atoms with E-state index in [2.05, 4.69) is 38.3 Å². The fourth-order valence-electron chi connectivity index (χ4n) is 4.32. The number of piperidine rings is 1. The van der Waals surface area contributed by atoms with Gasteiger partial charge in [0.1, 0.15) is 5.75 Å². The minimum Gasteiger partial charge on any atom is -0.497 e. The van der Waals surface area contributed by atoms with E-state index in [0.29, 0.717) is 6.54 Å². The predicted molar refractivity (Wildman–Crippen MR) is 126 cm³/mol. The van der Waals surface area contributed by atoms with Gasteiger partial charge in [0.05, 0.1) is 13.0 Å². The third-order valence-corrected chi connectivity index (χ3v) is 7.12. The number of methoxy groups -OCH3 is 1. The van der Waals surface area contributed by atoms with E-state index >= 15 is 0 Å². The zero-order valence-corrected chi connectivity index (χ0v) is 19.5. The van der Waals surface area contributed by atoms with Crippen LogP contribution in [0, 0.1) is 12.8 Å². The molecule has 2 aliphatic rings. The average molecular weight is 486 g/mol. The van der Waals surface area contributed by atoms with Gasteiger partial charge >= 0.3 is 0 Å². The van der Waals surface area contributed by atoms with Crippen LogP contribution < -0.4 is 19.9 Å². The van der Waals surface area contributed by atoms with Crippen molar-refractivity contribution in [3.8, 4) is 5.75 Å². The molecule has 0 radical (unpaired) electrons. The Balaban J connectivity index is 1.30. The molecule has 4 rings (SSSR count). The Morgan fingerprint density at radius 2 is 1.77 bits per heavy atom. The summed E-state index contributed by atoms with van der Waals surface area (Å²) >= 11 is 3.49. The van der Waals surface area contributed by atoms with E-state index in [1.54, 1.807) is 12.0 Å². The maximum absolute atomic E-state index is 12.9. The van der Waals surface area contributed by atoms with Crippen molar-refractivity contribution in [2.45, 2.75) is 32.2 Å². The van der Waals surface area contributed by atoms with E-state index in [-0.39, 0.29) is 30.2 Å². The molecule has 2 aromatic carbocycles. The number of halogens is 1. The second-order valence-corrected chi connectivity index (χ2v) is 9.16. The number of amides is 2. The van der Waals surface area contributed by atoms with E-state index in [1.807, 2.05) is 37.3 Å². The molecule has 2 amide bonds. The van der Waals surface area contributed by atoms with Crippen LogP contribution in [-0.4, -0.2) is 44.6 Å². The lowest BCUT2D eigenvalue weighted by atomic mass is 10.0. The SMILES string of the molecule is COc1ccc(N2CCC(NC(=O)C3CC(=O)N(c4ccc(Br)c(C)c4)C3)CC2)cc1. The van der Waals surface area contributed by atoms with Gasteiger partial charge in [0.2, 0.25) is 11.8 Å². The average Bonchev–Trinajstić information content (AvgIpc) is 3.18. The number of rotatable bonds is 5. The van der Waals surface area contributed by atoms with Crippen LogP contribution in [-0.2, 0) is 9.59 Å². The summed E-state index contributed by atoms with van der Waals surface area (Å²) in [5.41, 5.74) is 3.10. The standard InChI is InChI=1S/C24H28BrN3O3/c1-16-13-20(5-8-22(16)25)28-15-17(14-23(28)29)24(30)26-18-9-11-27(12-10-18)19-3-6-21(31-2)7-4-19/h3-8,13,17-18H,9-12,14-15H2,1-2H3,(H,26,30). The molecule has 2 aromatic rings. The summed E-state index contributed by atoms with van der Waals surface area (Å²) in [5.74, 6) is 0.559. The largest absolute Gasteiger partial charge is 0.497 e. The van der Waals surface area contributed by atoms with E-state index in [0.717, 1.165) is 47.4 Å². The molecule has 1 N–H and O–H groups in total. The first-order valence-electron chi connectivity index (χ1n) is 10.7. The highest BCUT2D eigenvalue weighted by Gasteiger charge is 2.36. The number of nitrogens with one attached hydrogen (secondary N) is 1. The van der Waals surface area contributed by atoms with E-state index in [4.69, 9.17) is 4.74 Å². The van der Waals surface area contributed by atoms with Crippen molar-refractivity contribution < 1.29 is 14.3 Å². The minimum atomic E-state index is -0.295. The first kappa shape index (κ1) is 21.7. The number of ether oxygens (including phenoxy) is 1. The number of hydrogen-bond donors (Lipinski definition) is 1. The van der Waals surface area contributed by atoms with Crippen LogP contribution in [0.5, 0.6) is 5.75 Å². The maximum atomic E-state index is 12.9. The van der Waals surface area contributed by atoms with Gasteiger partial charge in [-0.3, -0.25) is 9.59 Å². The smallest absolute Gasteiger partial charge is 0.227 e. The van der Waals surface area contributed by atoms with Crippen LogP contribution in [0.25, 0.3) is 0 Å². The van der Waals surface area contributed by atoms with Gasteiger partial charge in [0.15, 0.2) is 0 Å². The van der Waals surface area contributed by atoms with E-state index in [9.17, 15) is 9.59 Å². The Morgan fingerprint density at radius 3 is 2.42 bits per heavy atom. The molecule has 31 heavy (non-hydrogen) atoms. The van der Waals surface area contributed by atoms with Crippen molar-refractivity contribution in [3.63, 3.8) is 0 Å². The number of hydrogen-bond acceptors (Lipinski definition) is 4. The molecular weight excluding hydrogens is 458 g/mol. The molecular formula is C24H28BrN3O3. The number of carbonyl (C=O) groups is 2. The molecule has 7 heteroatoms. The molecule has 164 valence electrons. The molecule has 1 unspecified atom stereocenters. The number of aryl methyl sites for hydroxylation is 1. The third kappa shape index (κ3) is 4.87. The topological polar surface area (TPSA) is 61.9 Å². The maximum Gasteiger partial charge on any atom is 0.227 e. The lowest BCUT2D eigenvalue weighted by Gasteiger charge is -2.34. The number of nitrogens with zero attached hydrogens (tertiary/aromatic N) is 2. The Morgan fingerprint density at radius 1 is 1.10 bits per heavy atom. The van der Waals surface area contributed by atoms with Gasteiger partial charge in [-0.1, -0.05) is 15.9 Å². The molecule has 6 nitrogen and oxygen atoms in total. The summed E-state index contributed by atoms with van der Waals surface area (Å²) in [6.45, 7) is 4.23. The van der Waals surface area contributed by atoms with Crippen LogP contribution >= 0.6 is 15.9 Å². The van der Waals surface area contributed by atoms with Gasteiger partial charge in [0, 0.05) is 47.9 Å². The van der Waals surface area contributed by atoms with Crippen molar-refractivity contribution in [3.05, 3.63) is 52.5 Å². The van der Waals surface area contributed by atoms with Crippen molar-refractivity contribution in [1.82, 2.24) is 5.32 Å². The van der Waals surface area contributed by atoms with Crippen molar-refractivity contribution in [2.75, 3.05) is 36.5 Å². The summed E-state index contributed by atoms with van der Waals surface area (Å²) < 4.78 is 6.24. The second kappa shape index (κ2) is 9.30. The van der Waals surface area contributed by atoms with Gasteiger partial charge in [-0.2, -0.15) is 0 Å². The Kier molecular flexibility index (Phi) is 6.51. The van der Waals surface area contributed by atoms with Crippen LogP contribution in [0.15, 0.2) is 46.9 Å². The highest BCUT2D eigenvalue weighted by Crippen LogP contribution is 2.29. The van der Waals surface area contributed by atoms with Gasteiger partial charge in [-0.25, -0.2) is 0 Å². The molecule has 1 atom stereocenters. The third-order valence-electron chi connectivity index (χ3n) is 6.23. The van der Waals surface area contributed by atoms with Gasteiger partial charge in [0.25, 0.3) is 0 Å². The van der Waals surface area contributed by atoms with Crippen molar-refractivity contribution in [2.24, 2.45) is 5.92 Å². The number of benzene rings is 2. The number of anilines is 2. The van der Waals surface area contributed by atoms with E-state index in [1.165, 1.54) is 5.69 Å². The van der Waals surface area contributed by atoms with E-state index < -0.39 is 0 Å². The highest BCUT2D eigenvalue weighted by molar-refractivity contribution is 9.10. The molecule has 0 spiro atoms. The molecule has 2 saturated heterocycles. The normalized spacial score (nSPS) is 19.6. The van der Waals surface area contributed by atoms with Gasteiger partial charge in [-0.05, 0) is 67.8 Å². The fraction of sp³-hybridized carbons (Fsp3) is 0.417. The Hall–Kier alpha value is -2.54. The first-order chi connectivity index (χ1) is 14.9. The number of carbonyl (C=O) groups excluding carboxylic acids is 2. The molecule has 2 aliphatic heterocycles. The summed E-state index contributed by atoms with van der Waals surface area (Å²) in [6.07, 6.45) is 2.06. The predicted octanol–water partition coefficient (Wildman–Crippen LogP) is 3.90. The van der Waals surface area contributed by atoms with Gasteiger partial charge in [-0.15, -0.1) is 0 Å². The molecule has 0 saturated carbocycles. The van der Waals surface area contributed by atoms with Crippen LogP contribution in [0.1, 0.15) is 24.8 Å². The molecule has 0 aliphatic carbocycles. The Labute approximate surface area is 191 Å². The van der Waals surface area contributed by atoms with Crippen molar-refractivity contribution >= 4 is 39.1 Å². The fourth-order valence-corrected chi connectivity index (χ4v) is 4.57. The highest BCUT2D eigenvalue weighted by atomic mass is 79.9. The molecule has 2 fully saturated rings. The monoisotopic (exact) mass is 485 g/mol. The molecule has 0 aromatic heterocycles. The zero-order valence-electron chi connectivity index (χ0n) is 17.9. The van der Waals surface area contributed by atoms with Crippen LogP contribution in [0.4, 0.5) is 11.4 Å². The quantitative estimate of drug-likeness (QED) is 0.697. The Bertz CT molecular complexity index is 955. The molecule has 2 heterocycles. The summed E-state index contributed by atoms with van der Waals surface area (Å²) in [5, 5.41) is 3.19. The summed E-state index contributed by atoms with van der Waals surface area (Å²) in [7, 11) is 1.67. The van der Waals surface area contributed by atoms with Crippen molar-refractivity contribution in [1.29, 1.82) is 0 Å². The summed E-state index contributed by atoms with van der Waals surface area (Å²) in [6, 6.07) is 14.1. The lowest BCUT2D eigenvalue weighted by molar-refractivity contribution is -0.127. The summed E-state index contributed by atoms with van der Waals surface area (Å²) in [4.78, 5) is 29.5. The first-order valence-corrected chi connectivity index (χ1v) is 11.5.